The van der Waals surface area contributed by atoms with E-state index in [4.69, 9.17) is 11.6 Å². The SMILES string of the molecule is CC(c1ccc(Cl)cc1)N(C)C(=O)c1cccc(Br)c1. The third-order valence-corrected chi connectivity index (χ3v) is 4.07. The van der Waals surface area contributed by atoms with E-state index in [1.807, 2.05) is 62.5 Å². The van der Waals surface area contributed by atoms with E-state index in [0.717, 1.165) is 10.0 Å². The lowest BCUT2D eigenvalue weighted by Gasteiger charge is -2.25. The van der Waals surface area contributed by atoms with Gasteiger partial charge in [0, 0.05) is 22.1 Å². The van der Waals surface area contributed by atoms with Crippen LogP contribution >= 0.6 is 27.5 Å². The molecule has 1 atom stereocenters. The molecule has 2 aromatic rings. The highest BCUT2D eigenvalue weighted by molar-refractivity contribution is 9.10. The molecule has 2 nitrogen and oxygen atoms in total. The summed E-state index contributed by atoms with van der Waals surface area (Å²) in [7, 11) is 1.81. The molecule has 0 saturated heterocycles. The summed E-state index contributed by atoms with van der Waals surface area (Å²) in [6, 6.07) is 15.0. The molecular weight excluding hydrogens is 338 g/mol. The first-order valence-corrected chi connectivity index (χ1v) is 7.44. The maximum atomic E-state index is 12.5. The van der Waals surface area contributed by atoms with Crippen LogP contribution in [0.2, 0.25) is 5.02 Å². The summed E-state index contributed by atoms with van der Waals surface area (Å²) in [5.41, 5.74) is 1.72. The summed E-state index contributed by atoms with van der Waals surface area (Å²) >= 11 is 9.27. The molecule has 0 N–H and O–H groups in total. The standard InChI is InChI=1S/C16H15BrClNO/c1-11(12-6-8-15(18)9-7-12)19(2)16(20)13-4-3-5-14(17)10-13/h3-11H,1-2H3. The Hall–Kier alpha value is -1.32. The smallest absolute Gasteiger partial charge is 0.254 e. The predicted octanol–water partition coefficient (Wildman–Crippen LogP) is 4.94. The van der Waals surface area contributed by atoms with Crippen LogP contribution in [0.3, 0.4) is 0 Å². The molecule has 2 aromatic carbocycles. The molecule has 4 heteroatoms. The Morgan fingerprint density at radius 3 is 2.45 bits per heavy atom. The van der Waals surface area contributed by atoms with Crippen molar-refractivity contribution < 1.29 is 4.79 Å². The predicted molar refractivity (Wildman–Crippen MR) is 86.1 cm³/mol. The highest BCUT2D eigenvalue weighted by Crippen LogP contribution is 2.23. The molecule has 20 heavy (non-hydrogen) atoms. The van der Waals surface area contributed by atoms with Crippen LogP contribution in [0.5, 0.6) is 0 Å². The molecule has 2 rings (SSSR count). The second-order valence-corrected chi connectivity index (χ2v) is 6.01. The summed E-state index contributed by atoms with van der Waals surface area (Å²) in [5, 5.41) is 0.696. The number of halogens is 2. The molecule has 0 heterocycles. The van der Waals surface area contributed by atoms with Crippen LogP contribution in [0.15, 0.2) is 53.0 Å². The van der Waals surface area contributed by atoms with E-state index in [0.29, 0.717) is 10.6 Å². The van der Waals surface area contributed by atoms with Gasteiger partial charge in [0.1, 0.15) is 0 Å². The Balaban J connectivity index is 2.20. The maximum absolute atomic E-state index is 12.5. The van der Waals surface area contributed by atoms with Crippen LogP contribution in [0.4, 0.5) is 0 Å². The van der Waals surface area contributed by atoms with Gasteiger partial charge in [-0.1, -0.05) is 45.7 Å². The highest BCUT2D eigenvalue weighted by Gasteiger charge is 2.18. The zero-order valence-corrected chi connectivity index (χ0v) is 13.6. The van der Waals surface area contributed by atoms with Crippen LogP contribution < -0.4 is 0 Å². The van der Waals surface area contributed by atoms with Gasteiger partial charge >= 0.3 is 0 Å². The van der Waals surface area contributed by atoms with Gasteiger partial charge in [-0.15, -0.1) is 0 Å². The van der Waals surface area contributed by atoms with Gasteiger partial charge in [0.2, 0.25) is 0 Å². The van der Waals surface area contributed by atoms with Crippen LogP contribution in [0.1, 0.15) is 28.9 Å². The summed E-state index contributed by atoms with van der Waals surface area (Å²) in [4.78, 5) is 14.2. The van der Waals surface area contributed by atoms with Gasteiger partial charge in [-0.3, -0.25) is 4.79 Å². The number of benzene rings is 2. The Labute approximate surface area is 132 Å². The Bertz CT molecular complexity index is 612. The molecule has 0 aromatic heterocycles. The molecule has 0 bridgehead atoms. The van der Waals surface area contributed by atoms with Crippen molar-refractivity contribution in [2.75, 3.05) is 7.05 Å². The molecule has 0 fully saturated rings. The first-order chi connectivity index (χ1) is 9.49. The first kappa shape index (κ1) is 15.1. The van der Waals surface area contributed by atoms with Crippen molar-refractivity contribution in [1.29, 1.82) is 0 Å². The fourth-order valence-electron chi connectivity index (χ4n) is 1.97. The second kappa shape index (κ2) is 6.42. The molecule has 0 radical (unpaired) electrons. The summed E-state index contributed by atoms with van der Waals surface area (Å²) in [6.45, 7) is 2.00. The molecule has 0 spiro atoms. The molecule has 1 unspecified atom stereocenters. The van der Waals surface area contributed by atoms with E-state index in [2.05, 4.69) is 15.9 Å². The second-order valence-electron chi connectivity index (χ2n) is 4.65. The monoisotopic (exact) mass is 351 g/mol. The Morgan fingerprint density at radius 2 is 1.85 bits per heavy atom. The zero-order valence-electron chi connectivity index (χ0n) is 11.3. The van der Waals surface area contributed by atoms with E-state index < -0.39 is 0 Å². The third-order valence-electron chi connectivity index (χ3n) is 3.33. The van der Waals surface area contributed by atoms with Gasteiger partial charge in [-0.25, -0.2) is 0 Å². The van der Waals surface area contributed by atoms with E-state index in [-0.39, 0.29) is 11.9 Å². The van der Waals surface area contributed by atoms with Gasteiger partial charge in [0.15, 0.2) is 0 Å². The van der Waals surface area contributed by atoms with Crippen molar-refractivity contribution in [2.45, 2.75) is 13.0 Å². The Kier molecular flexibility index (Phi) is 4.84. The number of rotatable bonds is 3. The van der Waals surface area contributed by atoms with E-state index in [9.17, 15) is 4.79 Å². The van der Waals surface area contributed by atoms with Crippen molar-refractivity contribution in [3.63, 3.8) is 0 Å². The van der Waals surface area contributed by atoms with Crippen LogP contribution in [0.25, 0.3) is 0 Å². The van der Waals surface area contributed by atoms with Crippen molar-refractivity contribution >= 4 is 33.4 Å². The summed E-state index contributed by atoms with van der Waals surface area (Å²) < 4.78 is 0.899. The van der Waals surface area contributed by atoms with Gasteiger partial charge < -0.3 is 4.90 Å². The van der Waals surface area contributed by atoms with Gasteiger partial charge in [0.25, 0.3) is 5.91 Å². The highest BCUT2D eigenvalue weighted by atomic mass is 79.9. The normalized spacial score (nSPS) is 12.0. The molecule has 0 aliphatic heterocycles. The first-order valence-electron chi connectivity index (χ1n) is 6.27. The van der Waals surface area contributed by atoms with Crippen LogP contribution in [0, 0.1) is 0 Å². The topological polar surface area (TPSA) is 20.3 Å². The third kappa shape index (κ3) is 3.41. The fourth-order valence-corrected chi connectivity index (χ4v) is 2.49. The minimum absolute atomic E-state index is 0.00579. The molecule has 104 valence electrons. The minimum atomic E-state index is -0.0150. The van der Waals surface area contributed by atoms with Crippen molar-refractivity contribution in [2.24, 2.45) is 0 Å². The van der Waals surface area contributed by atoms with Crippen molar-refractivity contribution in [1.82, 2.24) is 4.90 Å². The lowest BCUT2D eigenvalue weighted by atomic mass is 10.1. The molecule has 0 aliphatic rings. The quantitative estimate of drug-likeness (QED) is 0.766. The Morgan fingerprint density at radius 1 is 1.20 bits per heavy atom. The number of carbonyl (C=O) groups is 1. The molecule has 1 amide bonds. The van der Waals surface area contributed by atoms with E-state index in [1.54, 1.807) is 4.90 Å². The van der Waals surface area contributed by atoms with E-state index in [1.165, 1.54) is 0 Å². The lowest BCUT2D eigenvalue weighted by molar-refractivity contribution is 0.0742. The molecular formula is C16H15BrClNO. The summed E-state index contributed by atoms with van der Waals surface area (Å²) in [5.74, 6) is -0.00579. The van der Waals surface area contributed by atoms with Gasteiger partial charge in [-0.2, -0.15) is 0 Å². The number of nitrogens with zero attached hydrogens (tertiary/aromatic N) is 1. The van der Waals surface area contributed by atoms with Crippen LogP contribution in [-0.2, 0) is 0 Å². The van der Waals surface area contributed by atoms with E-state index >= 15 is 0 Å². The number of carbonyl (C=O) groups excluding carboxylic acids is 1. The van der Waals surface area contributed by atoms with Crippen molar-refractivity contribution in [3.05, 3.63) is 69.2 Å². The number of hydrogen-bond donors (Lipinski definition) is 0. The van der Waals surface area contributed by atoms with Crippen molar-refractivity contribution in [3.8, 4) is 0 Å². The fraction of sp³-hybridized carbons (Fsp3) is 0.188. The lowest BCUT2D eigenvalue weighted by Crippen LogP contribution is -2.29. The molecule has 0 aliphatic carbocycles. The van der Waals surface area contributed by atoms with Crippen LogP contribution in [-0.4, -0.2) is 17.9 Å². The molecule has 0 saturated carbocycles. The summed E-state index contributed by atoms with van der Waals surface area (Å²) in [6.07, 6.45) is 0. The van der Waals surface area contributed by atoms with Gasteiger partial charge in [-0.05, 0) is 42.8 Å². The number of amides is 1. The maximum Gasteiger partial charge on any atom is 0.254 e. The largest absolute Gasteiger partial charge is 0.335 e. The minimum Gasteiger partial charge on any atom is -0.335 e. The zero-order chi connectivity index (χ0) is 14.7. The number of hydrogen-bond acceptors (Lipinski definition) is 1. The average molecular weight is 353 g/mol. The average Bonchev–Trinajstić information content (AvgIpc) is 2.46. The van der Waals surface area contributed by atoms with Gasteiger partial charge in [0.05, 0.1) is 6.04 Å².